The van der Waals surface area contributed by atoms with Crippen LogP contribution in [0.15, 0.2) is 24.3 Å². The van der Waals surface area contributed by atoms with Gasteiger partial charge in [0.15, 0.2) is 0 Å². The zero-order chi connectivity index (χ0) is 16.6. The number of hydrogen-bond donors (Lipinski definition) is 1. The van der Waals surface area contributed by atoms with E-state index in [1.54, 1.807) is 0 Å². The van der Waals surface area contributed by atoms with E-state index in [2.05, 4.69) is 17.6 Å². The molecular formula is C19H25NO3. The number of ether oxygens (including phenoxy) is 1. The lowest BCUT2D eigenvalue weighted by atomic mass is 9.83. The third kappa shape index (κ3) is 2.76. The summed E-state index contributed by atoms with van der Waals surface area (Å²) in [7, 11) is 1.43. The summed E-state index contributed by atoms with van der Waals surface area (Å²) in [5, 5.41) is 10.7. The van der Waals surface area contributed by atoms with Crippen LogP contribution in [0.5, 0.6) is 0 Å². The molecule has 0 radical (unpaired) electrons. The maximum Gasteiger partial charge on any atom is 0.340 e. The fourth-order valence-corrected chi connectivity index (χ4v) is 4.07. The van der Waals surface area contributed by atoms with Crippen LogP contribution in [-0.2, 0) is 4.74 Å². The first-order chi connectivity index (χ1) is 11.0. The van der Waals surface area contributed by atoms with Crippen molar-refractivity contribution in [2.24, 2.45) is 5.92 Å². The smallest absolute Gasteiger partial charge is 0.340 e. The number of para-hydroxylation sites is 1. The second-order valence-corrected chi connectivity index (χ2v) is 6.65. The van der Waals surface area contributed by atoms with E-state index in [-0.39, 0.29) is 12.1 Å². The molecule has 1 unspecified atom stereocenters. The van der Waals surface area contributed by atoms with Crippen molar-refractivity contribution in [1.82, 2.24) is 4.57 Å². The fourth-order valence-electron chi connectivity index (χ4n) is 4.07. The molecule has 0 spiro atoms. The number of aliphatic hydroxyl groups excluding tert-OH is 1. The fraction of sp³-hybridized carbons (Fsp3) is 0.526. The summed E-state index contributed by atoms with van der Waals surface area (Å²) in [6.45, 7) is 4.23. The van der Waals surface area contributed by atoms with Crippen LogP contribution in [0.4, 0.5) is 0 Å². The summed E-state index contributed by atoms with van der Waals surface area (Å²) in [5.41, 5.74) is 2.73. The van der Waals surface area contributed by atoms with E-state index in [9.17, 15) is 9.90 Å². The van der Waals surface area contributed by atoms with Crippen molar-refractivity contribution < 1.29 is 14.6 Å². The van der Waals surface area contributed by atoms with E-state index < -0.39 is 0 Å². The number of esters is 1. The van der Waals surface area contributed by atoms with Crippen molar-refractivity contribution in [3.63, 3.8) is 0 Å². The molecule has 0 saturated heterocycles. The minimum Gasteiger partial charge on any atom is -0.465 e. The van der Waals surface area contributed by atoms with Crippen LogP contribution in [0.25, 0.3) is 10.9 Å². The Morgan fingerprint density at radius 1 is 1.26 bits per heavy atom. The number of rotatable bonds is 3. The number of benzene rings is 1. The molecule has 1 aliphatic carbocycles. The van der Waals surface area contributed by atoms with Gasteiger partial charge in [-0.2, -0.15) is 0 Å². The Bertz CT molecular complexity index is 711. The highest BCUT2D eigenvalue weighted by molar-refractivity contribution is 6.05. The molecule has 0 amide bonds. The molecule has 4 heteroatoms. The lowest BCUT2D eigenvalue weighted by Crippen LogP contribution is -2.25. The summed E-state index contributed by atoms with van der Waals surface area (Å²) in [5.74, 6) is 0.252. The molecule has 0 bridgehead atoms. The Morgan fingerprint density at radius 2 is 1.91 bits per heavy atom. The first-order valence-corrected chi connectivity index (χ1v) is 8.40. The first kappa shape index (κ1) is 16.1. The van der Waals surface area contributed by atoms with Gasteiger partial charge in [-0.05, 0) is 51.5 Å². The predicted octanol–water partition coefficient (Wildman–Crippen LogP) is 3.85. The van der Waals surface area contributed by atoms with Crippen molar-refractivity contribution in [3.8, 4) is 0 Å². The number of carbonyl (C=O) groups is 1. The normalized spacial score (nSPS) is 23.0. The average Bonchev–Trinajstić information content (AvgIpc) is 2.86. The summed E-state index contributed by atoms with van der Waals surface area (Å²) in [6, 6.07) is 8.33. The molecule has 1 heterocycles. The van der Waals surface area contributed by atoms with Gasteiger partial charge in [0.2, 0.25) is 0 Å². The number of carbonyl (C=O) groups excluding carboxylic acids is 1. The maximum atomic E-state index is 12.2. The van der Waals surface area contributed by atoms with E-state index >= 15 is 0 Å². The highest BCUT2D eigenvalue weighted by atomic mass is 16.5. The van der Waals surface area contributed by atoms with Crippen LogP contribution >= 0.6 is 0 Å². The Kier molecular flexibility index (Phi) is 4.44. The van der Waals surface area contributed by atoms with Crippen LogP contribution in [0.1, 0.15) is 54.7 Å². The van der Waals surface area contributed by atoms with Crippen LogP contribution in [-0.4, -0.2) is 28.9 Å². The van der Waals surface area contributed by atoms with Crippen LogP contribution in [0.2, 0.25) is 0 Å². The summed E-state index contributed by atoms with van der Waals surface area (Å²) < 4.78 is 7.27. The Hall–Kier alpha value is -1.81. The molecule has 1 aliphatic rings. The predicted molar refractivity (Wildman–Crippen MR) is 90.7 cm³/mol. The molecule has 1 aromatic carbocycles. The monoisotopic (exact) mass is 315 g/mol. The second kappa shape index (κ2) is 6.36. The van der Waals surface area contributed by atoms with Crippen LogP contribution < -0.4 is 0 Å². The Morgan fingerprint density at radius 3 is 2.57 bits per heavy atom. The molecule has 1 atom stereocenters. The van der Waals surface area contributed by atoms with Crippen molar-refractivity contribution in [3.05, 3.63) is 35.5 Å². The molecule has 124 valence electrons. The lowest BCUT2D eigenvalue weighted by molar-refractivity contribution is 0.0601. The molecule has 3 rings (SSSR count). The Labute approximate surface area is 137 Å². The number of hydrogen-bond acceptors (Lipinski definition) is 3. The van der Waals surface area contributed by atoms with Crippen molar-refractivity contribution in [2.45, 2.75) is 51.7 Å². The molecule has 1 N–H and O–H groups in total. The van der Waals surface area contributed by atoms with Gasteiger partial charge in [0, 0.05) is 22.6 Å². The van der Waals surface area contributed by atoms with Crippen molar-refractivity contribution >= 4 is 16.9 Å². The van der Waals surface area contributed by atoms with Crippen LogP contribution in [0, 0.1) is 12.8 Å². The van der Waals surface area contributed by atoms with E-state index in [0.717, 1.165) is 42.3 Å². The van der Waals surface area contributed by atoms with Gasteiger partial charge in [-0.25, -0.2) is 4.79 Å². The minimum absolute atomic E-state index is 0.147. The number of aromatic nitrogens is 1. The van der Waals surface area contributed by atoms with Gasteiger partial charge >= 0.3 is 5.97 Å². The molecule has 4 nitrogen and oxygen atoms in total. The Balaban J connectivity index is 2.06. The molecule has 23 heavy (non-hydrogen) atoms. The number of nitrogens with zero attached hydrogens (tertiary/aromatic N) is 1. The summed E-state index contributed by atoms with van der Waals surface area (Å²) >= 11 is 0. The molecule has 2 aromatic rings. The van der Waals surface area contributed by atoms with Gasteiger partial charge in [-0.3, -0.25) is 0 Å². The standard InChI is InChI=1S/C19H25NO3/c1-12(14-8-10-15(21)11-9-14)20-13(2)18(19(22)23-3)16-6-4-5-7-17(16)20/h4-7,12,14-15,21H,8-11H2,1-3H3. The summed E-state index contributed by atoms with van der Waals surface area (Å²) in [4.78, 5) is 12.2. The van der Waals surface area contributed by atoms with Crippen LogP contribution in [0.3, 0.4) is 0 Å². The van der Waals surface area contributed by atoms with Crippen molar-refractivity contribution in [1.29, 1.82) is 0 Å². The molecule has 0 aliphatic heterocycles. The number of aliphatic hydroxyl groups is 1. The average molecular weight is 315 g/mol. The van der Waals surface area contributed by atoms with Gasteiger partial charge < -0.3 is 14.4 Å². The SMILES string of the molecule is COC(=O)c1c(C)n(C(C)C2CCC(O)CC2)c2ccccc12. The third-order valence-electron chi connectivity index (χ3n) is 5.38. The largest absolute Gasteiger partial charge is 0.465 e. The van der Waals surface area contributed by atoms with Crippen molar-refractivity contribution in [2.75, 3.05) is 7.11 Å². The zero-order valence-corrected chi connectivity index (χ0v) is 14.1. The summed E-state index contributed by atoms with van der Waals surface area (Å²) in [6.07, 6.45) is 3.66. The van der Waals surface area contributed by atoms with E-state index in [4.69, 9.17) is 4.74 Å². The van der Waals surface area contributed by atoms with Gasteiger partial charge in [0.25, 0.3) is 0 Å². The van der Waals surface area contributed by atoms with Gasteiger partial charge in [-0.15, -0.1) is 0 Å². The zero-order valence-electron chi connectivity index (χ0n) is 14.1. The first-order valence-electron chi connectivity index (χ1n) is 8.40. The molecule has 1 saturated carbocycles. The van der Waals surface area contributed by atoms with Gasteiger partial charge in [-0.1, -0.05) is 18.2 Å². The van der Waals surface area contributed by atoms with E-state index in [1.165, 1.54) is 7.11 Å². The minimum atomic E-state index is -0.274. The number of fused-ring (bicyclic) bond motifs is 1. The maximum absolute atomic E-state index is 12.2. The highest BCUT2D eigenvalue weighted by Gasteiger charge is 2.29. The number of methoxy groups -OCH3 is 1. The van der Waals surface area contributed by atoms with Gasteiger partial charge in [0.05, 0.1) is 18.8 Å². The van der Waals surface area contributed by atoms with E-state index in [1.807, 2.05) is 25.1 Å². The molecule has 1 aromatic heterocycles. The molecular weight excluding hydrogens is 290 g/mol. The lowest BCUT2D eigenvalue weighted by Gasteiger charge is -2.32. The third-order valence-corrected chi connectivity index (χ3v) is 5.38. The topological polar surface area (TPSA) is 51.5 Å². The molecule has 1 fully saturated rings. The second-order valence-electron chi connectivity index (χ2n) is 6.65. The van der Waals surface area contributed by atoms with E-state index in [0.29, 0.717) is 17.5 Å². The highest BCUT2D eigenvalue weighted by Crippen LogP contribution is 2.37. The van der Waals surface area contributed by atoms with Gasteiger partial charge in [0.1, 0.15) is 0 Å². The quantitative estimate of drug-likeness (QED) is 0.875.